The molecule has 0 aliphatic heterocycles. The molecular formula is C14H17N3S. The fraction of sp³-hybridized carbons (Fsp3) is 0.429. The van der Waals surface area contributed by atoms with Crippen LogP contribution in [0.25, 0.3) is 10.6 Å². The van der Waals surface area contributed by atoms with E-state index >= 15 is 0 Å². The molecule has 3 rings (SSSR count). The van der Waals surface area contributed by atoms with E-state index in [1.54, 1.807) is 11.3 Å². The van der Waals surface area contributed by atoms with E-state index in [4.69, 9.17) is 0 Å². The molecule has 1 aliphatic carbocycles. The van der Waals surface area contributed by atoms with E-state index in [9.17, 15) is 0 Å². The van der Waals surface area contributed by atoms with Crippen molar-refractivity contribution in [3.05, 3.63) is 34.6 Å². The topological polar surface area (TPSA) is 37.8 Å². The van der Waals surface area contributed by atoms with Crippen LogP contribution in [0.1, 0.15) is 29.9 Å². The van der Waals surface area contributed by atoms with Crippen LogP contribution in [0.4, 0.5) is 0 Å². The molecule has 0 atom stereocenters. The minimum atomic E-state index is 0.695. The largest absolute Gasteiger partial charge is 0.307 e. The molecule has 1 N–H and O–H groups in total. The second kappa shape index (κ2) is 4.78. The van der Waals surface area contributed by atoms with Crippen molar-refractivity contribution in [2.24, 2.45) is 0 Å². The van der Waals surface area contributed by atoms with Gasteiger partial charge < -0.3 is 5.32 Å². The van der Waals surface area contributed by atoms with Crippen molar-refractivity contribution in [2.45, 2.75) is 39.3 Å². The normalized spacial score (nSPS) is 15.0. The highest BCUT2D eigenvalue weighted by molar-refractivity contribution is 7.13. The van der Waals surface area contributed by atoms with E-state index in [0.29, 0.717) is 6.04 Å². The van der Waals surface area contributed by atoms with Gasteiger partial charge in [-0.05, 0) is 49.8 Å². The third-order valence-corrected chi connectivity index (χ3v) is 4.16. The van der Waals surface area contributed by atoms with Crippen molar-refractivity contribution in [1.82, 2.24) is 15.3 Å². The maximum absolute atomic E-state index is 4.67. The molecule has 2 aromatic heterocycles. The third-order valence-electron chi connectivity index (χ3n) is 3.12. The van der Waals surface area contributed by atoms with Gasteiger partial charge in [0, 0.05) is 11.7 Å². The highest BCUT2D eigenvalue weighted by atomic mass is 32.1. The SMILES string of the molecule is Cc1cc(-c2sccc2C)nc(CNC2CC2)n1. The molecule has 4 heteroatoms. The van der Waals surface area contributed by atoms with Crippen LogP contribution in [-0.2, 0) is 6.54 Å². The first kappa shape index (κ1) is 11.8. The van der Waals surface area contributed by atoms with Crippen LogP contribution in [0.15, 0.2) is 17.5 Å². The number of rotatable bonds is 4. The quantitative estimate of drug-likeness (QED) is 0.917. The van der Waals surface area contributed by atoms with E-state index in [2.05, 4.69) is 39.7 Å². The summed E-state index contributed by atoms with van der Waals surface area (Å²) < 4.78 is 0. The molecule has 94 valence electrons. The molecule has 2 aromatic rings. The third kappa shape index (κ3) is 2.60. The van der Waals surface area contributed by atoms with E-state index in [-0.39, 0.29) is 0 Å². The van der Waals surface area contributed by atoms with E-state index in [1.807, 2.05) is 6.92 Å². The van der Waals surface area contributed by atoms with Crippen molar-refractivity contribution in [1.29, 1.82) is 0 Å². The molecule has 0 bridgehead atoms. The number of aromatic nitrogens is 2. The van der Waals surface area contributed by atoms with Gasteiger partial charge in [0.05, 0.1) is 17.1 Å². The molecule has 1 fully saturated rings. The monoisotopic (exact) mass is 259 g/mol. The lowest BCUT2D eigenvalue weighted by Gasteiger charge is -2.06. The summed E-state index contributed by atoms with van der Waals surface area (Å²) in [5, 5.41) is 5.58. The maximum Gasteiger partial charge on any atom is 0.143 e. The number of hydrogen-bond acceptors (Lipinski definition) is 4. The zero-order valence-electron chi connectivity index (χ0n) is 10.7. The summed E-state index contributed by atoms with van der Waals surface area (Å²) in [7, 11) is 0. The molecule has 0 amide bonds. The Morgan fingerprint density at radius 2 is 2.17 bits per heavy atom. The van der Waals surface area contributed by atoms with Crippen molar-refractivity contribution >= 4 is 11.3 Å². The predicted octanol–water partition coefficient (Wildman–Crippen LogP) is 3.07. The summed E-state index contributed by atoms with van der Waals surface area (Å²) in [6.07, 6.45) is 2.59. The van der Waals surface area contributed by atoms with Crippen LogP contribution in [0, 0.1) is 13.8 Å². The smallest absolute Gasteiger partial charge is 0.143 e. The van der Waals surface area contributed by atoms with Gasteiger partial charge in [-0.25, -0.2) is 9.97 Å². The van der Waals surface area contributed by atoms with Crippen LogP contribution in [-0.4, -0.2) is 16.0 Å². The zero-order chi connectivity index (χ0) is 12.5. The van der Waals surface area contributed by atoms with Crippen molar-refractivity contribution in [3.63, 3.8) is 0 Å². The summed E-state index contributed by atoms with van der Waals surface area (Å²) in [5.41, 5.74) is 3.39. The molecule has 0 radical (unpaired) electrons. The van der Waals surface area contributed by atoms with Gasteiger partial charge in [-0.1, -0.05) is 0 Å². The zero-order valence-corrected chi connectivity index (χ0v) is 11.5. The first-order valence-electron chi connectivity index (χ1n) is 6.35. The summed E-state index contributed by atoms with van der Waals surface area (Å²) in [6, 6.07) is 4.90. The van der Waals surface area contributed by atoms with Gasteiger partial charge in [0.25, 0.3) is 0 Å². The Labute approximate surface area is 111 Å². The molecule has 0 spiro atoms. The maximum atomic E-state index is 4.67. The molecule has 1 saturated carbocycles. The molecule has 1 aliphatic rings. The van der Waals surface area contributed by atoms with Crippen LogP contribution in [0.5, 0.6) is 0 Å². The highest BCUT2D eigenvalue weighted by Crippen LogP contribution is 2.27. The van der Waals surface area contributed by atoms with Crippen LogP contribution >= 0.6 is 11.3 Å². The Balaban J connectivity index is 1.87. The second-order valence-electron chi connectivity index (χ2n) is 4.90. The Morgan fingerprint density at radius 1 is 1.33 bits per heavy atom. The van der Waals surface area contributed by atoms with Gasteiger partial charge in [-0.3, -0.25) is 0 Å². The van der Waals surface area contributed by atoms with Crippen LogP contribution in [0.2, 0.25) is 0 Å². The van der Waals surface area contributed by atoms with Crippen molar-refractivity contribution in [3.8, 4) is 10.6 Å². The molecule has 18 heavy (non-hydrogen) atoms. The molecule has 3 nitrogen and oxygen atoms in total. The minimum Gasteiger partial charge on any atom is -0.307 e. The second-order valence-corrected chi connectivity index (χ2v) is 5.81. The fourth-order valence-electron chi connectivity index (χ4n) is 1.98. The molecule has 2 heterocycles. The van der Waals surface area contributed by atoms with Gasteiger partial charge in [-0.15, -0.1) is 11.3 Å². The lowest BCUT2D eigenvalue weighted by Crippen LogP contribution is -2.17. The number of nitrogens with one attached hydrogen (secondary N) is 1. The van der Waals surface area contributed by atoms with E-state index in [0.717, 1.165) is 23.8 Å². The van der Waals surface area contributed by atoms with Gasteiger partial charge in [0.1, 0.15) is 5.82 Å². The number of hydrogen-bond donors (Lipinski definition) is 1. The predicted molar refractivity (Wildman–Crippen MR) is 74.7 cm³/mol. The van der Waals surface area contributed by atoms with Gasteiger partial charge in [0.2, 0.25) is 0 Å². The minimum absolute atomic E-state index is 0.695. The van der Waals surface area contributed by atoms with Crippen molar-refractivity contribution < 1.29 is 0 Å². The number of thiophene rings is 1. The average molecular weight is 259 g/mol. The fourth-order valence-corrected chi connectivity index (χ4v) is 2.87. The first-order valence-corrected chi connectivity index (χ1v) is 7.23. The first-order chi connectivity index (χ1) is 8.72. The molecule has 0 aromatic carbocycles. The van der Waals surface area contributed by atoms with E-state index < -0.39 is 0 Å². The van der Waals surface area contributed by atoms with Crippen molar-refractivity contribution in [2.75, 3.05) is 0 Å². The van der Waals surface area contributed by atoms with Gasteiger partial charge in [-0.2, -0.15) is 0 Å². The molecular weight excluding hydrogens is 242 g/mol. The number of nitrogens with zero attached hydrogens (tertiary/aromatic N) is 2. The molecule has 0 saturated heterocycles. The van der Waals surface area contributed by atoms with Crippen LogP contribution in [0.3, 0.4) is 0 Å². The lowest BCUT2D eigenvalue weighted by molar-refractivity contribution is 0.656. The van der Waals surface area contributed by atoms with Crippen LogP contribution < -0.4 is 5.32 Å². The summed E-state index contributed by atoms with van der Waals surface area (Å²) >= 11 is 1.75. The Bertz CT molecular complexity index is 558. The summed E-state index contributed by atoms with van der Waals surface area (Å²) in [5.74, 6) is 0.907. The lowest BCUT2D eigenvalue weighted by atomic mass is 10.2. The number of aryl methyl sites for hydroxylation is 2. The summed E-state index contributed by atoms with van der Waals surface area (Å²) in [4.78, 5) is 10.4. The van der Waals surface area contributed by atoms with E-state index in [1.165, 1.54) is 23.3 Å². The van der Waals surface area contributed by atoms with Gasteiger partial charge >= 0.3 is 0 Å². The summed E-state index contributed by atoms with van der Waals surface area (Å²) in [6.45, 7) is 4.95. The Kier molecular flexibility index (Phi) is 3.14. The Hall–Kier alpha value is -1.26. The Morgan fingerprint density at radius 3 is 2.83 bits per heavy atom. The molecule has 0 unspecified atom stereocenters. The average Bonchev–Trinajstić information content (AvgIpc) is 3.07. The van der Waals surface area contributed by atoms with Gasteiger partial charge in [0.15, 0.2) is 0 Å². The highest BCUT2D eigenvalue weighted by Gasteiger charge is 2.20. The standard InChI is InChI=1S/C14H17N3S/c1-9-5-6-18-14(9)12-7-10(2)16-13(17-12)8-15-11-3-4-11/h5-7,11,15H,3-4,8H2,1-2H3.